The highest BCUT2D eigenvalue weighted by atomic mass is 16.7. The Labute approximate surface area is 476 Å². The van der Waals surface area contributed by atoms with Crippen LogP contribution in [0.1, 0.15) is 150 Å². The van der Waals surface area contributed by atoms with Crippen LogP contribution in [-0.2, 0) is 66.3 Å². The third-order valence-corrected chi connectivity index (χ3v) is 22.2. The molecule has 0 aromatic carbocycles. The Morgan fingerprint density at radius 1 is 0.432 bits per heavy atom. The summed E-state index contributed by atoms with van der Waals surface area (Å²) < 4.78 is 96.8. The van der Waals surface area contributed by atoms with Gasteiger partial charge in [0.25, 0.3) is 0 Å². The van der Waals surface area contributed by atoms with E-state index < -0.39 is 89.7 Å². The fraction of sp³-hybridized carbons (Fsp3) is 0.903. The summed E-state index contributed by atoms with van der Waals surface area (Å²) in [5, 5.41) is 56.1. The van der Waals surface area contributed by atoms with E-state index in [1.54, 1.807) is 0 Å². The van der Waals surface area contributed by atoms with E-state index in [9.17, 15) is 25.5 Å². The summed E-state index contributed by atoms with van der Waals surface area (Å²) in [6, 6.07) is 0. The molecule has 81 heavy (non-hydrogen) atoms. The van der Waals surface area contributed by atoms with Gasteiger partial charge in [-0.25, -0.2) is 0 Å². The minimum absolute atomic E-state index is 0.0943. The molecule has 5 N–H and O–H groups in total. The van der Waals surface area contributed by atoms with Crippen molar-refractivity contribution >= 4 is 0 Å². The van der Waals surface area contributed by atoms with Gasteiger partial charge >= 0.3 is 0 Å². The van der Waals surface area contributed by atoms with Gasteiger partial charge < -0.3 is 91.8 Å². The van der Waals surface area contributed by atoms with E-state index in [1.807, 2.05) is 20.8 Å². The third-order valence-electron chi connectivity index (χ3n) is 22.2. The van der Waals surface area contributed by atoms with E-state index in [0.717, 1.165) is 19.3 Å². The molecule has 0 spiro atoms. The number of rotatable bonds is 1. The summed E-state index contributed by atoms with van der Waals surface area (Å²) in [6.07, 6.45) is 13.7. The standard InChI is InChI=1S/C62H92O19/c1-32-21-41-45(26-47-49(73-41)28-53(66)61(5)57(77-47)30-59(3)55(79-61)16-15-54-58(2,81-59)18-19-62(67,31-63)80-54)75-50-29-56-60(4,78-51(50)22-32)52(65)27-48-37(76-56)10-7-6-9-34-35(71-48)11-8-12-36-38(69-34)13-14-39-43(70-36)25-46-44(72-39)24-40-42(74-46)23-33(64)17-20-68-40/h6-8,11,13-14,32-57,63-67H,9-10,12,15-31H2,1-5H3/t32-,33+,34-,35+,36-,37+,38+,39-,40-,41+,42+,43+,44+,45-,46-,47+,48-,49-,50+,51-,52-,53+,54?,55?,56-,57-,58?,59?,60+,61+,62?/m1/s1. The lowest BCUT2D eigenvalue weighted by atomic mass is 9.76. The highest BCUT2D eigenvalue weighted by Crippen LogP contribution is 2.54. The molecule has 14 rings (SSSR count). The first-order valence-corrected chi connectivity index (χ1v) is 31.5. The summed E-state index contributed by atoms with van der Waals surface area (Å²) in [7, 11) is 0. The Kier molecular flexibility index (Phi) is 15.5. The molecule has 19 heteroatoms. The van der Waals surface area contributed by atoms with Crippen molar-refractivity contribution in [3.8, 4) is 0 Å². The fourth-order valence-electron chi connectivity index (χ4n) is 17.3. The molecule has 14 aliphatic heterocycles. The van der Waals surface area contributed by atoms with Crippen LogP contribution in [0.2, 0.25) is 0 Å². The molecule has 0 aromatic heterocycles. The maximum atomic E-state index is 12.5. The Morgan fingerprint density at radius 3 is 1.70 bits per heavy atom. The molecule has 454 valence electrons. The lowest BCUT2D eigenvalue weighted by Gasteiger charge is -2.55. The van der Waals surface area contributed by atoms with Gasteiger partial charge in [0.15, 0.2) is 5.79 Å². The summed E-state index contributed by atoms with van der Waals surface area (Å²) in [5.74, 6) is -1.40. The molecule has 0 aliphatic carbocycles. The van der Waals surface area contributed by atoms with Gasteiger partial charge in [0, 0.05) is 64.4 Å². The van der Waals surface area contributed by atoms with Gasteiger partial charge in [-0.2, -0.15) is 0 Å². The molecule has 31 atom stereocenters. The van der Waals surface area contributed by atoms with E-state index in [2.05, 4.69) is 50.3 Å². The first kappa shape index (κ1) is 57.2. The largest absolute Gasteiger partial charge is 0.393 e. The molecule has 5 unspecified atom stereocenters. The van der Waals surface area contributed by atoms with Gasteiger partial charge in [-0.1, -0.05) is 43.4 Å². The molecule has 0 amide bonds. The highest BCUT2D eigenvalue weighted by Gasteiger charge is 2.64. The minimum Gasteiger partial charge on any atom is -0.393 e. The Bertz CT molecular complexity index is 2340. The molecular formula is C62H92O19. The van der Waals surface area contributed by atoms with Crippen LogP contribution in [0, 0.1) is 5.92 Å². The maximum Gasteiger partial charge on any atom is 0.189 e. The lowest BCUT2D eigenvalue weighted by molar-refractivity contribution is -0.347. The molecule has 11 saturated heterocycles. The van der Waals surface area contributed by atoms with E-state index in [4.69, 9.17) is 66.3 Å². The van der Waals surface area contributed by atoms with Crippen molar-refractivity contribution in [2.75, 3.05) is 13.2 Å². The third kappa shape index (κ3) is 10.7. The normalized spacial score (nSPS) is 58.0. The fourth-order valence-corrected chi connectivity index (χ4v) is 17.3. The van der Waals surface area contributed by atoms with Crippen molar-refractivity contribution in [2.24, 2.45) is 5.92 Å². The molecule has 0 saturated carbocycles. The quantitative estimate of drug-likeness (QED) is 0.225. The predicted molar refractivity (Wildman–Crippen MR) is 287 cm³/mol. The van der Waals surface area contributed by atoms with Crippen LogP contribution in [0.3, 0.4) is 0 Å². The average Bonchev–Trinajstić information content (AvgIpc) is 3.83. The van der Waals surface area contributed by atoms with Crippen molar-refractivity contribution in [3.63, 3.8) is 0 Å². The second kappa shape index (κ2) is 21.9. The number of fused-ring (bicyclic) bond motifs is 13. The summed E-state index contributed by atoms with van der Waals surface area (Å²) in [5.41, 5.74) is -3.58. The van der Waals surface area contributed by atoms with Crippen molar-refractivity contribution in [1.82, 2.24) is 0 Å². The van der Waals surface area contributed by atoms with Crippen LogP contribution < -0.4 is 0 Å². The van der Waals surface area contributed by atoms with Crippen molar-refractivity contribution in [1.29, 1.82) is 0 Å². The monoisotopic (exact) mass is 1140 g/mol. The highest BCUT2D eigenvalue weighted by molar-refractivity contribution is 5.15. The second-order valence-corrected chi connectivity index (χ2v) is 28.0. The minimum atomic E-state index is -1.61. The Morgan fingerprint density at radius 2 is 0.951 bits per heavy atom. The van der Waals surface area contributed by atoms with Crippen LogP contribution in [0.5, 0.6) is 0 Å². The van der Waals surface area contributed by atoms with Crippen molar-refractivity contribution in [3.05, 3.63) is 36.5 Å². The Balaban J connectivity index is 0.649. The van der Waals surface area contributed by atoms with Crippen LogP contribution in [0.15, 0.2) is 36.5 Å². The van der Waals surface area contributed by atoms with Crippen LogP contribution in [0.25, 0.3) is 0 Å². The SMILES string of the molecule is C[C@@H]1C[C@@H]2O[C@@H]3C[C@H](O)[C@]4(C)OC5CCC6OC(O)(CO)CCC6(C)OC5(C)C[C@H]4O[C@H]3C[C@H]2O[C@H]2C[C@H]3O[C@H]4CC=CC[C@H]5O[C@H]6C=C[C@H]7O[C@H]8C[C@H]9OCC[C@H](O)C[C@@H]9O[C@@H]8C[C@@H]7O[C@@H]6CC=C[C@@H]5O[C@@H]4C[C@@H](O)[C@]3(C)O[C@@H]2C1. The first-order chi connectivity index (χ1) is 38.8. The average molecular weight is 1140 g/mol. The van der Waals surface area contributed by atoms with Crippen molar-refractivity contribution in [2.45, 2.75) is 331 Å². The molecule has 0 bridgehead atoms. The lowest BCUT2D eigenvalue weighted by Crippen LogP contribution is -2.66. The number of hydrogen-bond acceptors (Lipinski definition) is 19. The molecule has 0 aromatic rings. The zero-order valence-electron chi connectivity index (χ0n) is 48.1. The number of ether oxygens (including phenoxy) is 14. The molecule has 14 heterocycles. The van der Waals surface area contributed by atoms with Gasteiger partial charge in [-0.3, -0.25) is 0 Å². The number of aliphatic hydroxyl groups is 5. The van der Waals surface area contributed by atoms with Crippen molar-refractivity contribution < 1.29 is 91.8 Å². The van der Waals surface area contributed by atoms with E-state index in [1.165, 1.54) is 0 Å². The van der Waals surface area contributed by atoms with Crippen LogP contribution in [0.4, 0.5) is 0 Å². The smallest absolute Gasteiger partial charge is 0.189 e. The van der Waals surface area contributed by atoms with E-state index in [-0.39, 0.29) is 110 Å². The summed E-state index contributed by atoms with van der Waals surface area (Å²) in [6.45, 7) is 10.4. The van der Waals surface area contributed by atoms with Gasteiger partial charge in [-0.15, -0.1) is 0 Å². The van der Waals surface area contributed by atoms with E-state index >= 15 is 0 Å². The predicted octanol–water partition coefficient (Wildman–Crippen LogP) is 4.64. The van der Waals surface area contributed by atoms with Crippen LogP contribution >= 0.6 is 0 Å². The van der Waals surface area contributed by atoms with Gasteiger partial charge in [0.05, 0.1) is 152 Å². The van der Waals surface area contributed by atoms with Crippen LogP contribution in [-0.4, -0.2) is 220 Å². The van der Waals surface area contributed by atoms with E-state index in [0.29, 0.717) is 96.5 Å². The maximum absolute atomic E-state index is 12.5. The van der Waals surface area contributed by atoms with Gasteiger partial charge in [0.1, 0.15) is 29.5 Å². The summed E-state index contributed by atoms with van der Waals surface area (Å²) >= 11 is 0. The summed E-state index contributed by atoms with van der Waals surface area (Å²) in [4.78, 5) is 0. The zero-order chi connectivity index (χ0) is 55.8. The molecule has 11 fully saturated rings. The molecular weight excluding hydrogens is 1050 g/mol. The van der Waals surface area contributed by atoms with Gasteiger partial charge in [0.2, 0.25) is 0 Å². The molecule has 0 radical (unpaired) electrons. The molecule has 19 nitrogen and oxygen atoms in total. The van der Waals surface area contributed by atoms with Gasteiger partial charge in [-0.05, 0) is 91.4 Å². The number of aliphatic hydroxyl groups excluding tert-OH is 4. The Hall–Kier alpha value is -1.54. The second-order valence-electron chi connectivity index (χ2n) is 28.0. The topological polar surface area (TPSA) is 230 Å². The zero-order valence-corrected chi connectivity index (χ0v) is 48.1. The molecule has 14 aliphatic rings. The number of hydrogen-bond donors (Lipinski definition) is 5. The first-order valence-electron chi connectivity index (χ1n) is 31.5.